The topological polar surface area (TPSA) is 30.5 Å². The molecule has 0 saturated heterocycles. The van der Waals surface area contributed by atoms with Crippen LogP contribution in [0.5, 0.6) is 5.75 Å². The molecule has 112 valence electrons. The van der Waals surface area contributed by atoms with Crippen LogP contribution in [0.3, 0.4) is 0 Å². The molecule has 1 N–H and O–H groups in total. The van der Waals surface area contributed by atoms with Gasteiger partial charge >= 0.3 is 6.61 Å². The van der Waals surface area contributed by atoms with Crippen LogP contribution in [0.1, 0.15) is 11.6 Å². The highest BCUT2D eigenvalue weighted by Crippen LogP contribution is 2.22. The molecule has 2 aromatic rings. The van der Waals surface area contributed by atoms with Crippen molar-refractivity contribution in [3.63, 3.8) is 0 Å². The molecule has 0 bridgehead atoms. The van der Waals surface area contributed by atoms with E-state index >= 15 is 0 Å². The summed E-state index contributed by atoms with van der Waals surface area (Å²) in [5.41, 5.74) is 1.90. The van der Waals surface area contributed by atoms with Gasteiger partial charge in [0.2, 0.25) is 0 Å². The van der Waals surface area contributed by atoms with E-state index in [1.165, 1.54) is 12.1 Å². The Balaban J connectivity index is 2.06. The molecule has 21 heavy (non-hydrogen) atoms. The Kier molecular flexibility index (Phi) is 5.51. The van der Waals surface area contributed by atoms with Crippen molar-refractivity contribution in [3.8, 4) is 5.75 Å². The van der Waals surface area contributed by atoms with Gasteiger partial charge in [0, 0.05) is 12.8 Å². The number of ether oxygens (including phenoxy) is 2. The molecular weight excluding hydrogens is 276 g/mol. The minimum atomic E-state index is -2.81. The van der Waals surface area contributed by atoms with Gasteiger partial charge in [-0.2, -0.15) is 8.78 Å². The van der Waals surface area contributed by atoms with Gasteiger partial charge in [0.1, 0.15) is 5.75 Å². The molecule has 1 atom stereocenters. The average molecular weight is 293 g/mol. The summed E-state index contributed by atoms with van der Waals surface area (Å²) < 4.78 is 33.7. The van der Waals surface area contributed by atoms with Crippen molar-refractivity contribution in [1.82, 2.24) is 0 Å². The highest BCUT2D eigenvalue weighted by Gasteiger charge is 2.11. The maximum absolute atomic E-state index is 12.1. The zero-order valence-corrected chi connectivity index (χ0v) is 11.6. The lowest BCUT2D eigenvalue weighted by molar-refractivity contribution is -0.0498. The lowest BCUT2D eigenvalue weighted by Gasteiger charge is -2.20. The summed E-state index contributed by atoms with van der Waals surface area (Å²) in [4.78, 5) is 0. The first-order chi connectivity index (χ1) is 10.2. The van der Waals surface area contributed by atoms with Gasteiger partial charge in [-0.1, -0.05) is 30.3 Å². The normalized spacial score (nSPS) is 12.2. The summed E-state index contributed by atoms with van der Waals surface area (Å²) in [5.74, 6) is 0.138. The maximum Gasteiger partial charge on any atom is 0.387 e. The molecule has 1 unspecified atom stereocenters. The number of alkyl halides is 2. The van der Waals surface area contributed by atoms with Gasteiger partial charge in [-0.3, -0.25) is 0 Å². The molecule has 0 aliphatic carbocycles. The van der Waals surface area contributed by atoms with E-state index in [9.17, 15) is 8.78 Å². The molecule has 0 aliphatic heterocycles. The highest BCUT2D eigenvalue weighted by molar-refractivity contribution is 5.48. The number of benzene rings is 2. The number of anilines is 1. The van der Waals surface area contributed by atoms with Gasteiger partial charge in [-0.05, 0) is 29.8 Å². The lowest BCUT2D eigenvalue weighted by Crippen LogP contribution is -2.16. The smallest absolute Gasteiger partial charge is 0.387 e. The Hall–Kier alpha value is -2.14. The quantitative estimate of drug-likeness (QED) is 0.834. The monoisotopic (exact) mass is 293 g/mol. The number of hydrogen-bond acceptors (Lipinski definition) is 3. The predicted octanol–water partition coefficient (Wildman–Crippen LogP) is 4.09. The highest BCUT2D eigenvalue weighted by atomic mass is 19.3. The van der Waals surface area contributed by atoms with Gasteiger partial charge in [0.05, 0.1) is 12.6 Å². The molecule has 0 heterocycles. The van der Waals surface area contributed by atoms with Crippen LogP contribution in [0.2, 0.25) is 0 Å². The first-order valence-electron chi connectivity index (χ1n) is 6.54. The van der Waals surface area contributed by atoms with Crippen molar-refractivity contribution in [3.05, 3.63) is 60.2 Å². The first kappa shape index (κ1) is 15.3. The molecule has 0 aliphatic rings. The fourth-order valence-corrected chi connectivity index (χ4v) is 2.01. The fraction of sp³-hybridized carbons (Fsp3) is 0.250. The van der Waals surface area contributed by atoms with E-state index in [-0.39, 0.29) is 11.8 Å². The number of nitrogens with one attached hydrogen (secondary N) is 1. The summed E-state index contributed by atoms with van der Waals surface area (Å²) in [6.07, 6.45) is 0. The Bertz CT molecular complexity index is 532. The van der Waals surface area contributed by atoms with E-state index in [2.05, 4.69) is 10.1 Å². The van der Waals surface area contributed by atoms with Gasteiger partial charge in [0.15, 0.2) is 0 Å². The lowest BCUT2D eigenvalue weighted by atomic mass is 10.1. The Labute approximate surface area is 122 Å². The molecule has 0 saturated carbocycles. The van der Waals surface area contributed by atoms with Crippen molar-refractivity contribution >= 4 is 5.69 Å². The third-order valence-corrected chi connectivity index (χ3v) is 2.96. The third-order valence-electron chi connectivity index (χ3n) is 2.96. The molecule has 0 amide bonds. The molecule has 5 heteroatoms. The Morgan fingerprint density at radius 3 is 2.24 bits per heavy atom. The van der Waals surface area contributed by atoms with E-state index in [1.54, 1.807) is 19.2 Å². The standard InChI is InChI=1S/C16H17F2NO2/c1-20-11-15(12-5-3-2-4-6-12)19-13-7-9-14(10-8-13)21-16(17)18/h2-10,15-16,19H,11H2,1H3. The zero-order chi connectivity index (χ0) is 15.1. The summed E-state index contributed by atoms with van der Waals surface area (Å²) in [5, 5.41) is 3.31. The van der Waals surface area contributed by atoms with Gasteiger partial charge < -0.3 is 14.8 Å². The van der Waals surface area contributed by atoms with Crippen LogP contribution in [0.25, 0.3) is 0 Å². The van der Waals surface area contributed by atoms with E-state index in [0.717, 1.165) is 11.3 Å². The molecule has 3 nitrogen and oxygen atoms in total. The van der Waals surface area contributed by atoms with Crippen LogP contribution in [0.4, 0.5) is 14.5 Å². The summed E-state index contributed by atoms with van der Waals surface area (Å²) >= 11 is 0. The minimum Gasteiger partial charge on any atom is -0.435 e. The van der Waals surface area contributed by atoms with Crippen LogP contribution in [-0.2, 0) is 4.74 Å². The largest absolute Gasteiger partial charge is 0.435 e. The zero-order valence-electron chi connectivity index (χ0n) is 11.6. The van der Waals surface area contributed by atoms with Crippen LogP contribution in [0.15, 0.2) is 54.6 Å². The minimum absolute atomic E-state index is 0.0157. The summed E-state index contributed by atoms with van der Waals surface area (Å²) in [6, 6.07) is 16.3. The number of rotatable bonds is 7. The second kappa shape index (κ2) is 7.59. The van der Waals surface area contributed by atoms with Gasteiger partial charge in [-0.15, -0.1) is 0 Å². The Morgan fingerprint density at radius 1 is 1.00 bits per heavy atom. The predicted molar refractivity (Wildman–Crippen MR) is 77.8 cm³/mol. The van der Waals surface area contributed by atoms with Crippen LogP contribution in [0, 0.1) is 0 Å². The average Bonchev–Trinajstić information content (AvgIpc) is 2.49. The number of methoxy groups -OCH3 is 1. The fourth-order valence-electron chi connectivity index (χ4n) is 2.01. The van der Waals surface area contributed by atoms with Crippen molar-refractivity contribution in [1.29, 1.82) is 0 Å². The van der Waals surface area contributed by atoms with Crippen molar-refractivity contribution in [2.24, 2.45) is 0 Å². The first-order valence-corrected chi connectivity index (χ1v) is 6.54. The SMILES string of the molecule is COCC(Nc1ccc(OC(F)F)cc1)c1ccccc1. The van der Waals surface area contributed by atoms with E-state index < -0.39 is 6.61 Å². The number of hydrogen-bond donors (Lipinski definition) is 1. The molecule has 0 aromatic heterocycles. The summed E-state index contributed by atoms with van der Waals surface area (Å²) in [7, 11) is 1.64. The second-order valence-corrected chi connectivity index (χ2v) is 4.47. The number of halogens is 2. The third kappa shape index (κ3) is 4.72. The maximum atomic E-state index is 12.1. The van der Waals surface area contributed by atoms with Crippen molar-refractivity contribution < 1.29 is 18.3 Å². The van der Waals surface area contributed by atoms with Crippen LogP contribution < -0.4 is 10.1 Å². The summed E-state index contributed by atoms with van der Waals surface area (Å²) in [6.45, 7) is -2.31. The molecule has 0 fully saturated rings. The van der Waals surface area contributed by atoms with E-state index in [0.29, 0.717) is 6.61 Å². The van der Waals surface area contributed by atoms with E-state index in [1.807, 2.05) is 30.3 Å². The molecular formula is C16H17F2NO2. The van der Waals surface area contributed by atoms with Crippen LogP contribution >= 0.6 is 0 Å². The molecule has 2 aromatic carbocycles. The molecule has 2 rings (SSSR count). The van der Waals surface area contributed by atoms with Crippen molar-refractivity contribution in [2.75, 3.05) is 19.0 Å². The van der Waals surface area contributed by atoms with Gasteiger partial charge in [0.25, 0.3) is 0 Å². The molecule has 0 spiro atoms. The Morgan fingerprint density at radius 2 is 1.67 bits per heavy atom. The molecule has 0 radical (unpaired) electrons. The van der Waals surface area contributed by atoms with Crippen molar-refractivity contribution in [2.45, 2.75) is 12.7 Å². The van der Waals surface area contributed by atoms with E-state index in [4.69, 9.17) is 4.74 Å². The van der Waals surface area contributed by atoms with Gasteiger partial charge in [-0.25, -0.2) is 0 Å². The van der Waals surface area contributed by atoms with Crippen LogP contribution in [-0.4, -0.2) is 20.3 Å². The second-order valence-electron chi connectivity index (χ2n) is 4.47.